The molecule has 0 N–H and O–H groups in total. The normalized spacial score (nSPS) is 11.6. The second-order valence-corrected chi connectivity index (χ2v) is 16.0. The van der Waals surface area contributed by atoms with Gasteiger partial charge in [-0.15, -0.1) is 0 Å². The van der Waals surface area contributed by atoms with Gasteiger partial charge in [0.2, 0.25) is 14.0 Å². The Kier molecular flexibility index (Phi) is 7.41. The first-order valence-corrected chi connectivity index (χ1v) is 18.7. The number of hydrogen-bond acceptors (Lipinski definition) is 4. The molecule has 0 aliphatic rings. The Hall–Kier alpha value is -6.50. The summed E-state index contributed by atoms with van der Waals surface area (Å²) in [6, 6.07) is 59.9. The highest BCUT2D eigenvalue weighted by molar-refractivity contribution is 7.20. The maximum absolute atomic E-state index is 5.85. The van der Waals surface area contributed by atoms with Gasteiger partial charge in [0.1, 0.15) is 5.69 Å². The zero-order valence-electron chi connectivity index (χ0n) is 27.1. The van der Waals surface area contributed by atoms with Crippen LogP contribution in [0.2, 0.25) is 0 Å². The van der Waals surface area contributed by atoms with Crippen molar-refractivity contribution >= 4 is 50.8 Å². The van der Waals surface area contributed by atoms with Gasteiger partial charge in [-0.2, -0.15) is 0 Å². The van der Waals surface area contributed by atoms with Crippen LogP contribution in [-0.2, 0) is 0 Å². The molecule has 9 aromatic rings. The maximum atomic E-state index is 5.85. The van der Waals surface area contributed by atoms with E-state index in [9.17, 15) is 0 Å². The molecule has 0 fully saturated rings. The molecule has 9 rings (SSSR count). The largest absolute Gasteiger partial charge is 0.278 e. The molecule has 0 saturated carbocycles. The van der Waals surface area contributed by atoms with Crippen LogP contribution in [0.4, 0.5) is 0 Å². The summed E-state index contributed by atoms with van der Waals surface area (Å²) >= 11 is 0. The van der Waals surface area contributed by atoms with E-state index in [4.69, 9.17) is 15.0 Å². The van der Waals surface area contributed by atoms with Gasteiger partial charge >= 0.3 is 0 Å². The van der Waals surface area contributed by atoms with Gasteiger partial charge < -0.3 is 0 Å². The summed E-state index contributed by atoms with van der Waals surface area (Å²) in [5.74, 6) is 0.607. The highest BCUT2D eigenvalue weighted by Crippen LogP contribution is 2.34. The van der Waals surface area contributed by atoms with Crippen molar-refractivity contribution in [3.63, 3.8) is 0 Å². The molecule has 0 atom stereocenters. The lowest BCUT2D eigenvalue weighted by molar-refractivity contribution is 1.00. The molecule has 5 nitrogen and oxygen atoms in total. The van der Waals surface area contributed by atoms with Crippen molar-refractivity contribution in [3.05, 3.63) is 188 Å². The van der Waals surface area contributed by atoms with Gasteiger partial charge in [0.25, 0.3) is 0 Å². The molecular weight excluding hydrogens is 627 g/mol. The minimum Gasteiger partial charge on any atom is -0.278 e. The lowest BCUT2D eigenvalue weighted by atomic mass is 10.0. The Labute approximate surface area is 291 Å². The molecule has 0 unspecified atom stereocenters. The van der Waals surface area contributed by atoms with E-state index in [1.54, 1.807) is 0 Å². The zero-order valence-corrected chi connectivity index (χ0v) is 28.1. The van der Waals surface area contributed by atoms with E-state index in [2.05, 4.69) is 161 Å². The Morgan fingerprint density at radius 3 is 1.46 bits per heavy atom. The summed E-state index contributed by atoms with van der Waals surface area (Å²) in [5.41, 5.74) is 5.60. The van der Waals surface area contributed by atoms with Crippen LogP contribution in [0.15, 0.2) is 188 Å². The molecule has 0 radical (unpaired) electrons. The van der Waals surface area contributed by atoms with Crippen molar-refractivity contribution in [2.45, 2.75) is 0 Å². The summed E-state index contributed by atoms with van der Waals surface area (Å²) in [6.45, 7) is 0. The molecule has 0 bridgehead atoms. The summed E-state index contributed by atoms with van der Waals surface area (Å²) < 4.78 is 2.22. The SMILES string of the molecule is c1ccc([Si](c2ccccc2)(c2ccccc2)c2nc(-n3c4ccccc4c4ccccc43)nc(-c3ccccn3)c2-c2ccncc2)cc1. The summed E-state index contributed by atoms with van der Waals surface area (Å²) in [4.78, 5) is 20.7. The zero-order chi connectivity index (χ0) is 33.3. The molecule has 0 amide bonds. The Morgan fingerprint density at radius 2 is 0.940 bits per heavy atom. The van der Waals surface area contributed by atoms with Crippen LogP contribution in [0.25, 0.3) is 50.3 Å². The molecule has 6 heteroatoms. The standard InChI is InChI=1S/C44H31N5Si/c1-4-16-33(17-5-1)50(34-18-6-2-7-19-34,35-20-8-3-9-21-35)43-41(32-27-30-45-31-28-32)42(38-24-14-15-29-46-38)47-44(48-43)49-39-25-12-10-22-36(39)37-23-11-13-26-40(37)49/h1-31H. The average Bonchev–Trinajstić information content (AvgIpc) is 3.54. The maximum Gasteiger partial charge on any atom is 0.235 e. The predicted octanol–water partition coefficient (Wildman–Crippen LogP) is 7.08. The average molecular weight is 658 g/mol. The molecule has 5 aromatic carbocycles. The molecule has 0 aliphatic heterocycles. The van der Waals surface area contributed by atoms with Crippen LogP contribution in [-0.4, -0.2) is 32.6 Å². The van der Waals surface area contributed by atoms with Crippen molar-refractivity contribution in [2.75, 3.05) is 0 Å². The molecule has 0 aliphatic carbocycles. The fraction of sp³-hybridized carbons (Fsp3) is 0. The highest BCUT2D eigenvalue weighted by Gasteiger charge is 2.46. The van der Waals surface area contributed by atoms with E-state index in [1.807, 2.05) is 36.8 Å². The van der Waals surface area contributed by atoms with Crippen LogP contribution >= 0.6 is 0 Å². The monoisotopic (exact) mass is 657 g/mol. The first-order valence-electron chi connectivity index (χ1n) is 16.7. The molecule has 0 spiro atoms. The third kappa shape index (κ3) is 4.77. The summed E-state index contributed by atoms with van der Waals surface area (Å²) in [5, 5.41) is 6.98. The van der Waals surface area contributed by atoms with Crippen molar-refractivity contribution in [2.24, 2.45) is 0 Å². The number of aromatic nitrogens is 5. The first kappa shape index (κ1) is 29.6. The van der Waals surface area contributed by atoms with E-state index in [-0.39, 0.29) is 0 Å². The number of rotatable bonds is 7. The summed E-state index contributed by atoms with van der Waals surface area (Å²) in [6.07, 6.45) is 5.53. The number of para-hydroxylation sites is 2. The Morgan fingerprint density at radius 1 is 0.440 bits per heavy atom. The van der Waals surface area contributed by atoms with Gasteiger partial charge in [0.05, 0.1) is 22.0 Å². The fourth-order valence-electron chi connectivity index (χ4n) is 7.41. The molecule has 4 heterocycles. The van der Waals surface area contributed by atoms with Crippen molar-refractivity contribution in [1.82, 2.24) is 24.5 Å². The smallest absolute Gasteiger partial charge is 0.235 e. The Bertz CT molecular complexity index is 2420. The topological polar surface area (TPSA) is 56.5 Å². The van der Waals surface area contributed by atoms with Gasteiger partial charge in [0.15, 0.2) is 0 Å². The molecule has 50 heavy (non-hydrogen) atoms. The number of fused-ring (bicyclic) bond motifs is 3. The van der Waals surface area contributed by atoms with Crippen molar-refractivity contribution in [1.29, 1.82) is 0 Å². The van der Waals surface area contributed by atoms with Gasteiger partial charge in [-0.3, -0.25) is 14.5 Å². The van der Waals surface area contributed by atoms with E-state index in [0.29, 0.717) is 5.95 Å². The van der Waals surface area contributed by atoms with E-state index in [0.717, 1.165) is 49.6 Å². The van der Waals surface area contributed by atoms with Gasteiger partial charge in [-0.05, 0) is 57.5 Å². The fourth-order valence-corrected chi connectivity index (χ4v) is 12.2. The summed E-state index contributed by atoms with van der Waals surface area (Å²) in [7, 11) is -3.18. The quantitative estimate of drug-likeness (QED) is 0.136. The second kappa shape index (κ2) is 12.5. The number of benzene rings is 5. The molecule has 236 valence electrons. The van der Waals surface area contributed by atoms with Crippen LogP contribution in [0, 0.1) is 0 Å². The molecule has 0 saturated heterocycles. The molecule has 4 aromatic heterocycles. The van der Waals surface area contributed by atoms with Crippen LogP contribution < -0.4 is 20.9 Å². The second-order valence-electron chi connectivity index (χ2n) is 12.3. The van der Waals surface area contributed by atoms with Crippen LogP contribution in [0.1, 0.15) is 0 Å². The highest BCUT2D eigenvalue weighted by atomic mass is 28.3. The van der Waals surface area contributed by atoms with Crippen LogP contribution in [0.3, 0.4) is 0 Å². The van der Waals surface area contributed by atoms with Crippen molar-refractivity contribution in [3.8, 4) is 28.5 Å². The minimum absolute atomic E-state index is 0.607. The van der Waals surface area contributed by atoms with E-state index in [1.165, 1.54) is 15.6 Å². The first-order chi connectivity index (χ1) is 24.8. The van der Waals surface area contributed by atoms with E-state index >= 15 is 0 Å². The van der Waals surface area contributed by atoms with Gasteiger partial charge in [-0.25, -0.2) is 9.97 Å². The van der Waals surface area contributed by atoms with Gasteiger partial charge in [0, 0.05) is 34.9 Å². The lowest BCUT2D eigenvalue weighted by Gasteiger charge is -2.35. The number of pyridine rings is 2. The minimum atomic E-state index is -3.18. The number of hydrogen-bond donors (Lipinski definition) is 0. The van der Waals surface area contributed by atoms with E-state index < -0.39 is 8.07 Å². The molecular formula is C44H31N5Si. The lowest BCUT2D eigenvalue weighted by Crippen LogP contribution is -2.76. The number of nitrogens with zero attached hydrogens (tertiary/aromatic N) is 5. The third-order valence-electron chi connectivity index (χ3n) is 9.53. The van der Waals surface area contributed by atoms with Gasteiger partial charge in [-0.1, -0.05) is 133 Å². The van der Waals surface area contributed by atoms with Crippen molar-refractivity contribution < 1.29 is 0 Å². The third-order valence-corrected chi connectivity index (χ3v) is 14.2. The predicted molar refractivity (Wildman–Crippen MR) is 206 cm³/mol. The Balaban J connectivity index is 1.54. The van der Waals surface area contributed by atoms with Crippen LogP contribution in [0.5, 0.6) is 0 Å².